The number of hydrogen-bond donors (Lipinski definition) is 0. The number of aromatic nitrogens is 1. The predicted molar refractivity (Wildman–Crippen MR) is 106 cm³/mol. The number of carbonyl (C=O) groups excluding carboxylic acids is 1. The van der Waals surface area contributed by atoms with Crippen molar-refractivity contribution < 1.29 is 9.53 Å². The minimum atomic E-state index is -0.511. The molecule has 0 aliphatic carbocycles. The van der Waals surface area contributed by atoms with Crippen molar-refractivity contribution in [3.63, 3.8) is 0 Å². The smallest absolute Gasteiger partial charge is 0.339 e. The summed E-state index contributed by atoms with van der Waals surface area (Å²) in [6.45, 7) is 12.9. The first-order chi connectivity index (χ1) is 11.5. The molecule has 0 fully saturated rings. The van der Waals surface area contributed by atoms with Crippen LogP contribution in [0.15, 0.2) is 42.1 Å². The van der Waals surface area contributed by atoms with Gasteiger partial charge in [0.05, 0.1) is 21.0 Å². The van der Waals surface area contributed by atoms with Crippen LogP contribution < -0.4 is 0 Å². The van der Waals surface area contributed by atoms with Gasteiger partial charge >= 0.3 is 5.97 Å². The van der Waals surface area contributed by atoms with Crippen molar-refractivity contribution >= 4 is 32.1 Å². The summed E-state index contributed by atoms with van der Waals surface area (Å²) in [5.74, 6) is -0.250. The maximum atomic E-state index is 12.6. The van der Waals surface area contributed by atoms with E-state index in [0.29, 0.717) is 17.1 Å². The van der Waals surface area contributed by atoms with Crippen LogP contribution in [0.25, 0.3) is 5.57 Å². The molecule has 0 N–H and O–H groups in total. The molecule has 3 nitrogen and oxygen atoms in total. The first-order valence-electron chi connectivity index (χ1n) is 8.43. The lowest BCUT2D eigenvalue weighted by atomic mass is 10.1. The standard InChI is InChI=1S/C19H28NO2SSi/c1-6-10-16(23-17(11-7-2)24(4)5)18(19(21)22-8-3)15-12-9-13-20-14-15/h7,9,12-14,17H,2,6,8,10-11H2,1,3-5H3. The van der Waals surface area contributed by atoms with E-state index < -0.39 is 8.80 Å². The van der Waals surface area contributed by atoms with E-state index in [-0.39, 0.29) is 5.97 Å². The number of nitrogens with zero attached hydrogens (tertiary/aromatic N) is 1. The number of rotatable bonds is 10. The quantitative estimate of drug-likeness (QED) is 0.250. The second-order valence-electron chi connectivity index (χ2n) is 5.72. The Labute approximate surface area is 152 Å². The highest BCUT2D eigenvalue weighted by molar-refractivity contribution is 8.05. The summed E-state index contributed by atoms with van der Waals surface area (Å²) in [6, 6.07) is 3.79. The Bertz CT molecular complexity index is 558. The summed E-state index contributed by atoms with van der Waals surface area (Å²) in [5.41, 5.74) is 1.51. The zero-order valence-electron chi connectivity index (χ0n) is 15.2. The van der Waals surface area contributed by atoms with Crippen LogP contribution in [0, 0.1) is 0 Å². The van der Waals surface area contributed by atoms with Gasteiger partial charge in [0.15, 0.2) is 0 Å². The van der Waals surface area contributed by atoms with Crippen LogP contribution in [0.1, 0.15) is 38.7 Å². The molecule has 1 atom stereocenters. The molecular weight excluding hydrogens is 334 g/mol. The second-order valence-corrected chi connectivity index (χ2v) is 10.3. The van der Waals surface area contributed by atoms with Crippen molar-refractivity contribution in [1.82, 2.24) is 4.98 Å². The highest BCUT2D eigenvalue weighted by atomic mass is 32.2. The average molecular weight is 363 g/mol. The number of ether oxygens (including phenoxy) is 1. The summed E-state index contributed by atoms with van der Waals surface area (Å²) in [6.07, 6.45) is 8.26. The van der Waals surface area contributed by atoms with E-state index in [0.717, 1.165) is 29.7 Å². The third kappa shape index (κ3) is 6.28. The van der Waals surface area contributed by atoms with Gasteiger partial charge in [0.1, 0.15) is 0 Å². The average Bonchev–Trinajstić information content (AvgIpc) is 2.56. The molecule has 0 aromatic carbocycles. The molecule has 1 aromatic rings. The van der Waals surface area contributed by atoms with Crippen molar-refractivity contribution in [2.45, 2.75) is 51.1 Å². The highest BCUT2D eigenvalue weighted by Gasteiger charge is 2.23. The Hall–Kier alpha value is -1.33. The lowest BCUT2D eigenvalue weighted by Crippen LogP contribution is -2.21. The summed E-state index contributed by atoms with van der Waals surface area (Å²) in [4.78, 5) is 18.4. The lowest BCUT2D eigenvalue weighted by molar-refractivity contribution is -0.136. The van der Waals surface area contributed by atoms with Gasteiger partial charge in [-0.05, 0) is 30.7 Å². The zero-order chi connectivity index (χ0) is 17.9. The first-order valence-corrected chi connectivity index (χ1v) is 11.9. The monoisotopic (exact) mass is 362 g/mol. The molecule has 0 saturated carbocycles. The molecule has 1 heterocycles. The Morgan fingerprint density at radius 2 is 2.21 bits per heavy atom. The van der Waals surface area contributed by atoms with Gasteiger partial charge in [0, 0.05) is 22.8 Å². The Morgan fingerprint density at radius 3 is 2.71 bits per heavy atom. The van der Waals surface area contributed by atoms with Crippen LogP contribution >= 0.6 is 11.8 Å². The van der Waals surface area contributed by atoms with E-state index in [1.807, 2.05) is 36.9 Å². The van der Waals surface area contributed by atoms with Gasteiger partial charge in [0.25, 0.3) is 0 Å². The van der Waals surface area contributed by atoms with Crippen molar-refractivity contribution in [1.29, 1.82) is 0 Å². The van der Waals surface area contributed by atoms with Gasteiger partial charge in [-0.15, -0.1) is 18.3 Å². The van der Waals surface area contributed by atoms with Crippen molar-refractivity contribution in [2.75, 3.05) is 6.61 Å². The van der Waals surface area contributed by atoms with Crippen LogP contribution in [0.4, 0.5) is 0 Å². The summed E-state index contributed by atoms with van der Waals surface area (Å²) < 4.78 is 5.34. The Balaban J connectivity index is 3.34. The molecule has 0 spiro atoms. The zero-order valence-corrected chi connectivity index (χ0v) is 17.0. The molecule has 1 radical (unpaired) electrons. The van der Waals surface area contributed by atoms with Crippen molar-refractivity contribution in [3.8, 4) is 0 Å². The predicted octanol–water partition coefficient (Wildman–Crippen LogP) is 5.13. The number of esters is 1. The molecule has 0 aliphatic heterocycles. The Kier molecular flexibility index (Phi) is 9.72. The number of carbonyl (C=O) groups is 1. The van der Waals surface area contributed by atoms with E-state index in [2.05, 4.69) is 31.6 Å². The van der Waals surface area contributed by atoms with Gasteiger partial charge in [-0.2, -0.15) is 0 Å². The van der Waals surface area contributed by atoms with Crippen LogP contribution in [-0.4, -0.2) is 31.2 Å². The fourth-order valence-corrected chi connectivity index (χ4v) is 5.53. The van der Waals surface area contributed by atoms with Crippen LogP contribution in [-0.2, 0) is 9.53 Å². The number of pyridine rings is 1. The lowest BCUT2D eigenvalue weighted by Gasteiger charge is -2.22. The van der Waals surface area contributed by atoms with Gasteiger partial charge in [0.2, 0.25) is 0 Å². The molecule has 1 rings (SSSR count). The third-order valence-electron chi connectivity index (χ3n) is 3.49. The van der Waals surface area contributed by atoms with Crippen LogP contribution in [0.3, 0.4) is 0 Å². The molecular formula is C19H28NO2SSi. The van der Waals surface area contributed by atoms with Crippen molar-refractivity contribution in [3.05, 3.63) is 47.6 Å². The molecule has 0 aliphatic rings. The SMILES string of the molecule is C=CCC(SC(CCC)=C(C(=O)OCC)c1cccnc1)[Si](C)C. The van der Waals surface area contributed by atoms with E-state index in [4.69, 9.17) is 4.74 Å². The molecule has 0 saturated heterocycles. The number of allylic oxidation sites excluding steroid dienone is 2. The molecule has 1 aromatic heterocycles. The minimum absolute atomic E-state index is 0.250. The normalized spacial score (nSPS) is 13.4. The molecule has 131 valence electrons. The summed E-state index contributed by atoms with van der Waals surface area (Å²) in [7, 11) is -0.511. The fraction of sp³-hybridized carbons (Fsp3) is 0.474. The minimum Gasteiger partial charge on any atom is -0.462 e. The highest BCUT2D eigenvalue weighted by Crippen LogP contribution is 2.36. The maximum Gasteiger partial charge on any atom is 0.339 e. The molecule has 1 unspecified atom stereocenters. The first kappa shape index (κ1) is 20.7. The van der Waals surface area contributed by atoms with Gasteiger partial charge in [-0.25, -0.2) is 4.79 Å². The summed E-state index contributed by atoms with van der Waals surface area (Å²) in [5, 5.41) is 0. The molecule has 0 amide bonds. The van der Waals surface area contributed by atoms with E-state index in [1.165, 1.54) is 0 Å². The van der Waals surface area contributed by atoms with Gasteiger partial charge < -0.3 is 4.74 Å². The largest absolute Gasteiger partial charge is 0.462 e. The summed E-state index contributed by atoms with van der Waals surface area (Å²) >= 11 is 1.83. The van der Waals surface area contributed by atoms with Crippen molar-refractivity contribution in [2.24, 2.45) is 0 Å². The number of hydrogen-bond acceptors (Lipinski definition) is 4. The fourth-order valence-electron chi connectivity index (χ4n) is 2.30. The maximum absolute atomic E-state index is 12.6. The van der Waals surface area contributed by atoms with Gasteiger partial charge in [-0.1, -0.05) is 38.6 Å². The topological polar surface area (TPSA) is 39.2 Å². The Morgan fingerprint density at radius 1 is 1.46 bits per heavy atom. The second kappa shape index (κ2) is 11.3. The number of thioether (sulfide) groups is 1. The molecule has 0 bridgehead atoms. The van der Waals surface area contributed by atoms with E-state index in [1.54, 1.807) is 12.4 Å². The third-order valence-corrected chi connectivity index (χ3v) is 7.96. The van der Waals surface area contributed by atoms with Crippen LogP contribution in [0.5, 0.6) is 0 Å². The van der Waals surface area contributed by atoms with Gasteiger partial charge in [-0.3, -0.25) is 4.98 Å². The van der Waals surface area contributed by atoms with E-state index in [9.17, 15) is 4.79 Å². The van der Waals surface area contributed by atoms with E-state index >= 15 is 0 Å². The molecule has 24 heavy (non-hydrogen) atoms. The van der Waals surface area contributed by atoms with Crippen LogP contribution in [0.2, 0.25) is 13.1 Å². The molecule has 5 heteroatoms.